The number of hydrogen-bond donors (Lipinski definition) is 0. The van der Waals surface area contributed by atoms with E-state index < -0.39 is 4.92 Å². The summed E-state index contributed by atoms with van der Waals surface area (Å²) in [6.07, 6.45) is 0. The number of nitro groups is 1. The van der Waals surface area contributed by atoms with Crippen LogP contribution in [0.3, 0.4) is 0 Å². The largest absolute Gasteiger partial charge is 0.280 e. The Morgan fingerprint density at radius 1 is 1.47 bits per heavy atom. The Morgan fingerprint density at radius 3 is 2.47 bits per heavy atom. The highest BCUT2D eigenvalue weighted by Crippen LogP contribution is 2.39. The molecule has 90 valence electrons. The monoisotopic (exact) mass is 254 g/mol. The lowest BCUT2D eigenvalue weighted by atomic mass is 9.86. The van der Waals surface area contributed by atoms with Crippen molar-refractivity contribution in [1.82, 2.24) is 0 Å². The molecule has 6 nitrogen and oxygen atoms in total. The molecule has 0 fully saturated rings. The van der Waals surface area contributed by atoms with E-state index in [1.165, 1.54) is 6.07 Å². The van der Waals surface area contributed by atoms with Gasteiger partial charge in [-0.05, 0) is 22.6 Å². The Balaban J connectivity index is 3.57. The molecule has 0 bridgehead atoms. The molecule has 7 heteroatoms. The molecule has 0 radical (unpaired) electrons. The van der Waals surface area contributed by atoms with Gasteiger partial charge in [0.05, 0.1) is 9.95 Å². The molecule has 1 aromatic rings. The van der Waals surface area contributed by atoms with Crippen molar-refractivity contribution in [3.63, 3.8) is 0 Å². The van der Waals surface area contributed by atoms with Crippen LogP contribution in [0.25, 0.3) is 10.4 Å². The van der Waals surface area contributed by atoms with Gasteiger partial charge in [0.15, 0.2) is 0 Å². The lowest BCUT2D eigenvalue weighted by Gasteiger charge is -2.19. The zero-order valence-electron chi connectivity index (χ0n) is 9.64. The predicted octanol–water partition coefficient (Wildman–Crippen LogP) is 4.49. The van der Waals surface area contributed by atoms with Crippen LogP contribution in [-0.4, -0.2) is 4.92 Å². The molecule has 0 amide bonds. The van der Waals surface area contributed by atoms with Crippen molar-refractivity contribution in [3.8, 4) is 0 Å². The molecule has 0 aromatic heterocycles. The van der Waals surface area contributed by atoms with Crippen molar-refractivity contribution in [2.45, 2.75) is 26.2 Å². The first-order chi connectivity index (χ1) is 7.77. The minimum Gasteiger partial charge on any atom is -0.258 e. The van der Waals surface area contributed by atoms with E-state index in [1.54, 1.807) is 6.07 Å². The van der Waals surface area contributed by atoms with Crippen LogP contribution in [0.2, 0.25) is 5.02 Å². The summed E-state index contributed by atoms with van der Waals surface area (Å²) in [7, 11) is 0. The summed E-state index contributed by atoms with van der Waals surface area (Å²) in [5.74, 6) is 0. The molecule has 17 heavy (non-hydrogen) atoms. The quantitative estimate of drug-likeness (QED) is 0.256. The van der Waals surface area contributed by atoms with E-state index in [2.05, 4.69) is 10.0 Å². The summed E-state index contributed by atoms with van der Waals surface area (Å²) < 4.78 is 0. The Hall–Kier alpha value is -1.78. The lowest BCUT2D eigenvalue weighted by Crippen LogP contribution is -2.11. The number of nitro benzene ring substituents is 1. The van der Waals surface area contributed by atoms with Gasteiger partial charge in [0.2, 0.25) is 0 Å². The van der Waals surface area contributed by atoms with E-state index in [0.717, 1.165) is 0 Å². The average Bonchev–Trinajstić information content (AvgIpc) is 2.18. The Bertz CT molecular complexity index is 516. The van der Waals surface area contributed by atoms with Gasteiger partial charge < -0.3 is 0 Å². The highest BCUT2D eigenvalue weighted by molar-refractivity contribution is 6.33. The smallest absolute Gasteiger partial charge is 0.258 e. The van der Waals surface area contributed by atoms with Gasteiger partial charge in [-0.15, -0.1) is 0 Å². The standard InChI is InChI=1S/C10H11ClN4O2/c1-10(2,3)6-4-7(11)9(13-14-12)8(5-6)15(16)17/h4-5H,1-3H3. The van der Waals surface area contributed by atoms with E-state index in [-0.39, 0.29) is 21.8 Å². The molecule has 0 aliphatic heterocycles. The minimum absolute atomic E-state index is 0.0851. The number of benzene rings is 1. The maximum Gasteiger partial charge on any atom is 0.280 e. The molecule has 0 saturated carbocycles. The van der Waals surface area contributed by atoms with Crippen LogP contribution in [0.1, 0.15) is 26.3 Å². The topological polar surface area (TPSA) is 91.9 Å². The SMILES string of the molecule is CC(C)(C)c1cc(Cl)c(N=[N+]=[N-])c([N+](=O)[O-])c1. The average molecular weight is 255 g/mol. The molecule has 0 unspecified atom stereocenters. The number of hydrogen-bond acceptors (Lipinski definition) is 3. The van der Waals surface area contributed by atoms with Crippen molar-refractivity contribution >= 4 is 23.0 Å². The number of rotatable bonds is 2. The Kier molecular flexibility index (Phi) is 3.60. The van der Waals surface area contributed by atoms with Gasteiger partial charge >= 0.3 is 0 Å². The van der Waals surface area contributed by atoms with Crippen molar-refractivity contribution < 1.29 is 4.92 Å². The van der Waals surface area contributed by atoms with Gasteiger partial charge in [0.1, 0.15) is 5.69 Å². The molecule has 0 saturated heterocycles. The summed E-state index contributed by atoms with van der Waals surface area (Å²) in [6, 6.07) is 2.97. The second-order valence-electron chi connectivity index (χ2n) is 4.52. The van der Waals surface area contributed by atoms with Crippen LogP contribution >= 0.6 is 11.6 Å². The van der Waals surface area contributed by atoms with E-state index in [4.69, 9.17) is 17.1 Å². The first-order valence-corrected chi connectivity index (χ1v) is 5.18. The highest BCUT2D eigenvalue weighted by atomic mass is 35.5. The fourth-order valence-electron chi connectivity index (χ4n) is 1.30. The van der Waals surface area contributed by atoms with Crippen LogP contribution in [-0.2, 0) is 5.41 Å². The van der Waals surface area contributed by atoms with Crippen LogP contribution in [0.5, 0.6) is 0 Å². The maximum absolute atomic E-state index is 10.9. The molecule has 0 atom stereocenters. The van der Waals surface area contributed by atoms with Gasteiger partial charge in [-0.2, -0.15) is 0 Å². The van der Waals surface area contributed by atoms with Gasteiger partial charge in [-0.25, -0.2) is 0 Å². The van der Waals surface area contributed by atoms with Gasteiger partial charge in [-0.1, -0.05) is 37.5 Å². The van der Waals surface area contributed by atoms with E-state index >= 15 is 0 Å². The van der Waals surface area contributed by atoms with Crippen molar-refractivity contribution in [2.24, 2.45) is 5.11 Å². The van der Waals surface area contributed by atoms with Crippen molar-refractivity contribution in [3.05, 3.63) is 43.3 Å². The molecule has 0 N–H and O–H groups in total. The van der Waals surface area contributed by atoms with Crippen LogP contribution in [0.4, 0.5) is 11.4 Å². The maximum atomic E-state index is 10.9. The van der Waals surface area contributed by atoms with Crippen LogP contribution < -0.4 is 0 Å². The van der Waals surface area contributed by atoms with Crippen molar-refractivity contribution in [2.75, 3.05) is 0 Å². The highest BCUT2D eigenvalue weighted by Gasteiger charge is 2.23. The Labute approximate surface area is 103 Å². The Morgan fingerprint density at radius 2 is 2.06 bits per heavy atom. The summed E-state index contributed by atoms with van der Waals surface area (Å²) in [5, 5.41) is 14.2. The fourth-order valence-corrected chi connectivity index (χ4v) is 1.55. The molecule has 0 aliphatic rings. The van der Waals surface area contributed by atoms with Crippen LogP contribution in [0, 0.1) is 10.1 Å². The third-order valence-corrected chi connectivity index (χ3v) is 2.54. The summed E-state index contributed by atoms with van der Waals surface area (Å²) >= 11 is 5.89. The predicted molar refractivity (Wildman–Crippen MR) is 65.6 cm³/mol. The number of halogens is 1. The number of azide groups is 1. The molecule has 0 heterocycles. The van der Waals surface area contributed by atoms with Crippen molar-refractivity contribution in [1.29, 1.82) is 0 Å². The summed E-state index contributed by atoms with van der Waals surface area (Å²) in [6.45, 7) is 5.74. The molecular formula is C10H11ClN4O2. The van der Waals surface area contributed by atoms with Crippen LogP contribution in [0.15, 0.2) is 17.2 Å². The zero-order chi connectivity index (χ0) is 13.2. The van der Waals surface area contributed by atoms with Gasteiger partial charge in [-0.3, -0.25) is 10.1 Å². The second-order valence-corrected chi connectivity index (χ2v) is 4.93. The van der Waals surface area contributed by atoms with Gasteiger partial charge in [0.25, 0.3) is 5.69 Å². The van der Waals surface area contributed by atoms with Gasteiger partial charge in [0, 0.05) is 11.0 Å². The normalized spacial score (nSPS) is 10.8. The molecule has 0 spiro atoms. The van der Waals surface area contributed by atoms with E-state index in [9.17, 15) is 10.1 Å². The molecule has 0 aliphatic carbocycles. The zero-order valence-corrected chi connectivity index (χ0v) is 10.4. The lowest BCUT2D eigenvalue weighted by molar-refractivity contribution is -0.384. The summed E-state index contributed by atoms with van der Waals surface area (Å²) in [5.41, 5.74) is 8.37. The molecule has 1 rings (SSSR count). The fraction of sp³-hybridized carbons (Fsp3) is 0.400. The van der Waals surface area contributed by atoms with E-state index in [0.29, 0.717) is 5.56 Å². The third kappa shape index (κ3) is 2.87. The van der Waals surface area contributed by atoms with E-state index in [1.807, 2.05) is 20.8 Å². The summed E-state index contributed by atoms with van der Waals surface area (Å²) in [4.78, 5) is 12.8. The third-order valence-electron chi connectivity index (χ3n) is 2.25. The minimum atomic E-state index is -0.606. The first-order valence-electron chi connectivity index (χ1n) is 4.81. The molecule has 1 aromatic carbocycles. The second kappa shape index (κ2) is 4.61. The first kappa shape index (κ1) is 13.3. The molecular weight excluding hydrogens is 244 g/mol. The number of nitrogens with zero attached hydrogens (tertiary/aromatic N) is 4.